The predicted octanol–water partition coefficient (Wildman–Crippen LogP) is 0.192. The number of carbonyl (C=O) groups is 2. The Balaban J connectivity index is 2.91. The largest absolute Gasteiger partial charge is 0.480 e. The smallest absolute Gasteiger partial charge is 0.327 e. The van der Waals surface area contributed by atoms with Gasteiger partial charge in [0.1, 0.15) is 6.04 Å². The number of sulfonamides is 1. The van der Waals surface area contributed by atoms with Crippen LogP contribution in [0.25, 0.3) is 0 Å². The maximum atomic E-state index is 11.8. The molecular formula is C9H15NO5S. The highest BCUT2D eigenvalue weighted by Crippen LogP contribution is 2.23. The van der Waals surface area contributed by atoms with Crippen molar-refractivity contribution in [1.82, 2.24) is 4.31 Å². The van der Waals surface area contributed by atoms with Crippen molar-refractivity contribution in [2.75, 3.05) is 5.75 Å². The normalized spacial score (nSPS) is 21.4. The molecule has 1 rings (SSSR count). The van der Waals surface area contributed by atoms with E-state index in [1.165, 1.54) is 0 Å². The van der Waals surface area contributed by atoms with Crippen LogP contribution in [-0.2, 0) is 19.6 Å². The third kappa shape index (κ3) is 2.52. The number of aliphatic carboxylic acids is 1. The molecule has 1 fully saturated rings. The van der Waals surface area contributed by atoms with Gasteiger partial charge in [-0.3, -0.25) is 4.79 Å². The van der Waals surface area contributed by atoms with Crippen molar-refractivity contribution in [3.05, 3.63) is 0 Å². The summed E-state index contributed by atoms with van der Waals surface area (Å²) in [6.45, 7) is 1.83. The Morgan fingerprint density at radius 3 is 2.69 bits per heavy atom. The molecule has 16 heavy (non-hydrogen) atoms. The van der Waals surface area contributed by atoms with Gasteiger partial charge >= 0.3 is 5.97 Å². The molecule has 0 radical (unpaired) electrons. The first kappa shape index (κ1) is 13.0. The van der Waals surface area contributed by atoms with Crippen molar-refractivity contribution >= 4 is 21.9 Å². The van der Waals surface area contributed by atoms with Crippen LogP contribution >= 0.6 is 0 Å². The molecule has 0 bridgehead atoms. The van der Waals surface area contributed by atoms with E-state index in [0.717, 1.165) is 0 Å². The van der Waals surface area contributed by atoms with Gasteiger partial charge in [-0.1, -0.05) is 13.3 Å². The molecule has 1 amide bonds. The Morgan fingerprint density at radius 2 is 2.19 bits per heavy atom. The molecule has 0 spiro atoms. The summed E-state index contributed by atoms with van der Waals surface area (Å²) < 4.78 is 24.1. The van der Waals surface area contributed by atoms with Crippen LogP contribution in [0, 0.1) is 0 Å². The minimum absolute atomic E-state index is 0.0116. The van der Waals surface area contributed by atoms with E-state index in [1.807, 2.05) is 6.92 Å². The molecule has 1 atom stereocenters. The molecule has 0 saturated carbocycles. The topological polar surface area (TPSA) is 91.8 Å². The average molecular weight is 249 g/mol. The minimum Gasteiger partial charge on any atom is -0.480 e. The first-order valence-corrected chi connectivity index (χ1v) is 6.78. The Bertz CT molecular complexity index is 389. The zero-order valence-electron chi connectivity index (χ0n) is 9.05. The van der Waals surface area contributed by atoms with Crippen molar-refractivity contribution < 1.29 is 23.1 Å². The summed E-state index contributed by atoms with van der Waals surface area (Å²) in [5.41, 5.74) is 0. The Morgan fingerprint density at radius 1 is 1.56 bits per heavy atom. The van der Waals surface area contributed by atoms with Crippen LogP contribution in [0.2, 0.25) is 0 Å². The summed E-state index contributed by atoms with van der Waals surface area (Å²) in [5, 5.41) is 8.83. The molecule has 1 N–H and O–H groups in total. The van der Waals surface area contributed by atoms with E-state index in [4.69, 9.17) is 5.11 Å². The Kier molecular flexibility index (Phi) is 3.90. The molecule has 6 nitrogen and oxygen atoms in total. The van der Waals surface area contributed by atoms with Crippen molar-refractivity contribution in [3.63, 3.8) is 0 Å². The molecular weight excluding hydrogens is 234 g/mol. The SMILES string of the molecule is CCCCS(=O)(=O)N1C(=O)CCC1C(=O)O. The van der Waals surface area contributed by atoms with Crippen molar-refractivity contribution in [2.24, 2.45) is 0 Å². The molecule has 1 aliphatic rings. The van der Waals surface area contributed by atoms with Crippen LogP contribution in [0.15, 0.2) is 0 Å². The van der Waals surface area contributed by atoms with Crippen molar-refractivity contribution in [3.8, 4) is 0 Å². The molecule has 0 aromatic heterocycles. The Labute approximate surface area is 94.3 Å². The van der Waals surface area contributed by atoms with Crippen molar-refractivity contribution in [2.45, 2.75) is 38.6 Å². The summed E-state index contributed by atoms with van der Waals surface area (Å²) >= 11 is 0. The lowest BCUT2D eigenvalue weighted by molar-refractivity contribution is -0.143. The fraction of sp³-hybridized carbons (Fsp3) is 0.778. The number of hydrogen-bond acceptors (Lipinski definition) is 4. The first-order chi connectivity index (χ1) is 7.40. The van der Waals surface area contributed by atoms with Crippen LogP contribution < -0.4 is 0 Å². The third-order valence-electron chi connectivity index (χ3n) is 2.50. The van der Waals surface area contributed by atoms with Crippen LogP contribution in [0.4, 0.5) is 0 Å². The summed E-state index contributed by atoms with van der Waals surface area (Å²) in [5.74, 6) is -2.03. The maximum Gasteiger partial charge on any atom is 0.327 e. The van der Waals surface area contributed by atoms with Gasteiger partial charge in [-0.05, 0) is 12.8 Å². The van der Waals surface area contributed by atoms with E-state index in [-0.39, 0.29) is 18.6 Å². The second kappa shape index (κ2) is 4.82. The average Bonchev–Trinajstić information content (AvgIpc) is 2.58. The van der Waals surface area contributed by atoms with Gasteiger partial charge in [0.25, 0.3) is 0 Å². The number of hydrogen-bond donors (Lipinski definition) is 1. The second-order valence-corrected chi connectivity index (χ2v) is 5.72. The van der Waals surface area contributed by atoms with Gasteiger partial charge in [0.2, 0.25) is 15.9 Å². The lowest BCUT2D eigenvalue weighted by Crippen LogP contribution is -2.43. The number of amides is 1. The zero-order valence-corrected chi connectivity index (χ0v) is 9.87. The van der Waals surface area contributed by atoms with E-state index in [9.17, 15) is 18.0 Å². The van der Waals surface area contributed by atoms with Gasteiger partial charge in [-0.2, -0.15) is 0 Å². The highest BCUT2D eigenvalue weighted by molar-refractivity contribution is 7.89. The molecule has 1 unspecified atom stereocenters. The molecule has 1 heterocycles. The number of unbranched alkanes of at least 4 members (excludes halogenated alkanes) is 1. The van der Waals surface area contributed by atoms with Gasteiger partial charge < -0.3 is 5.11 Å². The highest BCUT2D eigenvalue weighted by Gasteiger charge is 2.43. The zero-order chi connectivity index (χ0) is 12.3. The van der Waals surface area contributed by atoms with Crippen LogP contribution in [0.1, 0.15) is 32.6 Å². The standard InChI is InChI=1S/C9H15NO5S/c1-2-3-6-16(14,15)10-7(9(12)13)4-5-8(10)11/h7H,2-6H2,1H3,(H,12,13). The number of carboxylic acid groups (broad SMARTS) is 1. The molecule has 92 valence electrons. The molecule has 0 aromatic rings. The molecule has 0 aliphatic carbocycles. The Hall–Kier alpha value is -1.11. The lowest BCUT2D eigenvalue weighted by Gasteiger charge is -2.21. The quantitative estimate of drug-likeness (QED) is 0.751. The van der Waals surface area contributed by atoms with E-state index >= 15 is 0 Å². The third-order valence-corrected chi connectivity index (χ3v) is 4.36. The van der Waals surface area contributed by atoms with Crippen molar-refractivity contribution in [1.29, 1.82) is 0 Å². The number of nitrogens with zero attached hydrogens (tertiary/aromatic N) is 1. The summed E-state index contributed by atoms with van der Waals surface area (Å²) in [6, 6.07) is -1.21. The molecule has 1 saturated heterocycles. The minimum atomic E-state index is -3.76. The number of carboxylic acids is 1. The number of carbonyl (C=O) groups excluding carboxylic acids is 1. The van der Waals surface area contributed by atoms with Crippen LogP contribution in [0.5, 0.6) is 0 Å². The first-order valence-electron chi connectivity index (χ1n) is 5.18. The van der Waals surface area contributed by atoms with Gasteiger partial charge in [0.15, 0.2) is 0 Å². The summed E-state index contributed by atoms with van der Waals surface area (Å²) in [6.07, 6.45) is 1.17. The molecule has 1 aliphatic heterocycles. The van der Waals surface area contributed by atoms with Crippen LogP contribution in [0.3, 0.4) is 0 Å². The van der Waals surface area contributed by atoms with Gasteiger partial charge in [0, 0.05) is 6.42 Å². The fourth-order valence-corrected chi connectivity index (χ4v) is 3.49. The second-order valence-electron chi connectivity index (χ2n) is 3.75. The molecule has 0 aromatic carbocycles. The van der Waals surface area contributed by atoms with E-state index < -0.39 is 27.9 Å². The van der Waals surface area contributed by atoms with E-state index in [2.05, 4.69) is 0 Å². The summed E-state index contributed by atoms with van der Waals surface area (Å²) in [7, 11) is -3.76. The monoisotopic (exact) mass is 249 g/mol. The lowest BCUT2D eigenvalue weighted by atomic mass is 10.2. The van der Waals surface area contributed by atoms with Gasteiger partial charge in [-0.25, -0.2) is 17.5 Å². The fourth-order valence-electron chi connectivity index (χ4n) is 1.66. The van der Waals surface area contributed by atoms with E-state index in [0.29, 0.717) is 17.1 Å². The van der Waals surface area contributed by atoms with Gasteiger partial charge in [-0.15, -0.1) is 0 Å². The van der Waals surface area contributed by atoms with Crippen LogP contribution in [-0.4, -0.2) is 41.5 Å². The molecule has 7 heteroatoms. The highest BCUT2D eigenvalue weighted by atomic mass is 32.2. The van der Waals surface area contributed by atoms with E-state index in [1.54, 1.807) is 0 Å². The number of rotatable bonds is 5. The van der Waals surface area contributed by atoms with Gasteiger partial charge in [0.05, 0.1) is 5.75 Å². The predicted molar refractivity (Wildman–Crippen MR) is 56.2 cm³/mol. The summed E-state index contributed by atoms with van der Waals surface area (Å²) in [4.78, 5) is 22.2. The maximum absolute atomic E-state index is 11.8.